The molecule has 0 saturated heterocycles. The van der Waals surface area contributed by atoms with E-state index in [0.717, 1.165) is 11.3 Å². The van der Waals surface area contributed by atoms with E-state index < -0.39 is 0 Å². The fraction of sp³-hybridized carbons (Fsp3) is 0.333. The molecule has 0 aliphatic rings. The SMILES string of the molecule is CCN(CC)C(=O)c1ccc(-c2ccc(CN)nc2)o1. The first-order valence-electron chi connectivity index (χ1n) is 6.74. The number of hydrogen-bond acceptors (Lipinski definition) is 4. The fourth-order valence-electron chi connectivity index (χ4n) is 1.97. The molecule has 0 spiro atoms. The predicted molar refractivity (Wildman–Crippen MR) is 77.1 cm³/mol. The third-order valence-electron chi connectivity index (χ3n) is 3.19. The van der Waals surface area contributed by atoms with Gasteiger partial charge in [0, 0.05) is 31.4 Å². The number of nitrogens with zero attached hydrogens (tertiary/aromatic N) is 2. The first kappa shape index (κ1) is 14.3. The van der Waals surface area contributed by atoms with Crippen LogP contribution in [0.4, 0.5) is 0 Å². The first-order chi connectivity index (χ1) is 9.69. The van der Waals surface area contributed by atoms with Gasteiger partial charge in [-0.25, -0.2) is 0 Å². The number of pyridine rings is 1. The Kier molecular flexibility index (Phi) is 4.53. The van der Waals surface area contributed by atoms with Crippen molar-refractivity contribution >= 4 is 5.91 Å². The third kappa shape index (κ3) is 2.88. The average molecular weight is 273 g/mol. The highest BCUT2D eigenvalue weighted by atomic mass is 16.4. The molecule has 0 fully saturated rings. The quantitative estimate of drug-likeness (QED) is 0.907. The summed E-state index contributed by atoms with van der Waals surface area (Å²) in [5, 5.41) is 0. The van der Waals surface area contributed by atoms with Crippen LogP contribution in [0.2, 0.25) is 0 Å². The molecule has 106 valence electrons. The maximum atomic E-state index is 12.2. The summed E-state index contributed by atoms with van der Waals surface area (Å²) >= 11 is 0. The summed E-state index contributed by atoms with van der Waals surface area (Å²) in [6.45, 7) is 5.63. The second-order valence-corrected chi connectivity index (χ2v) is 4.38. The van der Waals surface area contributed by atoms with Gasteiger partial charge in [-0.15, -0.1) is 0 Å². The molecular formula is C15H19N3O2. The van der Waals surface area contributed by atoms with Crippen LogP contribution >= 0.6 is 0 Å². The van der Waals surface area contributed by atoms with Gasteiger partial charge in [0.05, 0.1) is 5.69 Å². The third-order valence-corrected chi connectivity index (χ3v) is 3.19. The van der Waals surface area contributed by atoms with Crippen LogP contribution in [0.15, 0.2) is 34.9 Å². The Morgan fingerprint density at radius 2 is 2.00 bits per heavy atom. The predicted octanol–water partition coefficient (Wildman–Crippen LogP) is 2.28. The second kappa shape index (κ2) is 6.34. The van der Waals surface area contributed by atoms with Crippen molar-refractivity contribution in [3.63, 3.8) is 0 Å². The molecule has 0 aromatic carbocycles. The Labute approximate surface area is 118 Å². The van der Waals surface area contributed by atoms with Crippen molar-refractivity contribution in [3.05, 3.63) is 41.9 Å². The zero-order chi connectivity index (χ0) is 14.5. The second-order valence-electron chi connectivity index (χ2n) is 4.38. The van der Waals surface area contributed by atoms with E-state index in [2.05, 4.69) is 4.98 Å². The van der Waals surface area contributed by atoms with Crippen LogP contribution in [0.5, 0.6) is 0 Å². The number of aromatic nitrogens is 1. The number of rotatable bonds is 5. The highest BCUT2D eigenvalue weighted by molar-refractivity contribution is 5.92. The Hall–Kier alpha value is -2.14. The van der Waals surface area contributed by atoms with Gasteiger partial charge >= 0.3 is 0 Å². The molecule has 2 heterocycles. The molecule has 0 radical (unpaired) electrons. The smallest absolute Gasteiger partial charge is 0.289 e. The highest BCUT2D eigenvalue weighted by Crippen LogP contribution is 2.22. The molecular weight excluding hydrogens is 254 g/mol. The lowest BCUT2D eigenvalue weighted by Crippen LogP contribution is -2.30. The van der Waals surface area contributed by atoms with Crippen molar-refractivity contribution in [1.82, 2.24) is 9.88 Å². The van der Waals surface area contributed by atoms with Gasteiger partial charge in [0.1, 0.15) is 5.76 Å². The summed E-state index contributed by atoms with van der Waals surface area (Å²) in [6, 6.07) is 7.23. The van der Waals surface area contributed by atoms with E-state index in [4.69, 9.17) is 10.2 Å². The summed E-state index contributed by atoms with van der Waals surface area (Å²) in [6.07, 6.45) is 1.70. The Morgan fingerprint density at radius 3 is 2.55 bits per heavy atom. The van der Waals surface area contributed by atoms with Gasteiger partial charge in [0.25, 0.3) is 5.91 Å². The van der Waals surface area contributed by atoms with Gasteiger partial charge in [-0.2, -0.15) is 0 Å². The zero-order valence-electron chi connectivity index (χ0n) is 11.8. The number of carbonyl (C=O) groups excluding carboxylic acids is 1. The largest absolute Gasteiger partial charge is 0.451 e. The Bertz CT molecular complexity index is 571. The van der Waals surface area contributed by atoms with Crippen molar-refractivity contribution in [3.8, 4) is 11.3 Å². The minimum absolute atomic E-state index is 0.0900. The topological polar surface area (TPSA) is 72.4 Å². The van der Waals surface area contributed by atoms with E-state index in [0.29, 0.717) is 31.2 Å². The molecule has 0 aliphatic heterocycles. The van der Waals surface area contributed by atoms with Crippen molar-refractivity contribution in [2.24, 2.45) is 5.73 Å². The molecule has 0 unspecified atom stereocenters. The van der Waals surface area contributed by atoms with E-state index in [9.17, 15) is 4.79 Å². The summed E-state index contributed by atoms with van der Waals surface area (Å²) in [5.74, 6) is 0.899. The van der Waals surface area contributed by atoms with Crippen LogP contribution in [0, 0.1) is 0 Å². The lowest BCUT2D eigenvalue weighted by Gasteiger charge is -2.16. The van der Waals surface area contributed by atoms with Gasteiger partial charge in [-0.05, 0) is 38.1 Å². The number of nitrogens with two attached hydrogens (primary N) is 1. The van der Waals surface area contributed by atoms with Gasteiger partial charge in [-0.3, -0.25) is 9.78 Å². The minimum Gasteiger partial charge on any atom is -0.451 e. The summed E-state index contributed by atoms with van der Waals surface area (Å²) < 4.78 is 5.63. The molecule has 5 heteroatoms. The molecule has 1 amide bonds. The van der Waals surface area contributed by atoms with Crippen LogP contribution in [0.1, 0.15) is 30.1 Å². The van der Waals surface area contributed by atoms with Crippen LogP contribution < -0.4 is 5.73 Å². The van der Waals surface area contributed by atoms with Crippen molar-refractivity contribution in [1.29, 1.82) is 0 Å². The fourth-order valence-corrected chi connectivity index (χ4v) is 1.97. The number of furan rings is 1. The molecule has 0 saturated carbocycles. The molecule has 2 rings (SSSR count). The summed E-state index contributed by atoms with van der Waals surface area (Å²) in [5.41, 5.74) is 7.16. The molecule has 0 bridgehead atoms. The average Bonchev–Trinajstić information content (AvgIpc) is 2.98. The maximum Gasteiger partial charge on any atom is 0.289 e. The van der Waals surface area contributed by atoms with Gasteiger partial charge < -0.3 is 15.1 Å². The Morgan fingerprint density at radius 1 is 1.25 bits per heavy atom. The number of hydrogen-bond donors (Lipinski definition) is 1. The van der Waals surface area contributed by atoms with E-state index >= 15 is 0 Å². The van der Waals surface area contributed by atoms with Gasteiger partial charge in [0.15, 0.2) is 5.76 Å². The normalized spacial score (nSPS) is 10.6. The van der Waals surface area contributed by atoms with Gasteiger partial charge in [0.2, 0.25) is 0 Å². The lowest BCUT2D eigenvalue weighted by atomic mass is 10.2. The molecule has 5 nitrogen and oxygen atoms in total. The number of carbonyl (C=O) groups is 1. The number of amides is 1. The summed E-state index contributed by atoms with van der Waals surface area (Å²) in [4.78, 5) is 18.1. The lowest BCUT2D eigenvalue weighted by molar-refractivity contribution is 0.0742. The monoisotopic (exact) mass is 273 g/mol. The van der Waals surface area contributed by atoms with Gasteiger partial charge in [-0.1, -0.05) is 0 Å². The van der Waals surface area contributed by atoms with Crippen LogP contribution in [-0.2, 0) is 6.54 Å². The maximum absolute atomic E-state index is 12.2. The minimum atomic E-state index is -0.0900. The molecule has 2 aromatic rings. The molecule has 0 aliphatic carbocycles. The molecule has 0 atom stereocenters. The molecule has 20 heavy (non-hydrogen) atoms. The summed E-state index contributed by atoms with van der Waals surface area (Å²) in [7, 11) is 0. The zero-order valence-corrected chi connectivity index (χ0v) is 11.8. The standard InChI is InChI=1S/C15H19N3O2/c1-3-18(4-2)15(19)14-8-7-13(20-14)11-5-6-12(9-16)17-10-11/h5-8,10H,3-4,9,16H2,1-2H3. The van der Waals surface area contributed by atoms with Crippen LogP contribution in [0.25, 0.3) is 11.3 Å². The van der Waals surface area contributed by atoms with Crippen molar-refractivity contribution in [2.75, 3.05) is 13.1 Å². The van der Waals surface area contributed by atoms with E-state index in [1.165, 1.54) is 0 Å². The van der Waals surface area contributed by atoms with Crippen LogP contribution in [0.3, 0.4) is 0 Å². The van der Waals surface area contributed by atoms with E-state index in [1.807, 2.05) is 26.0 Å². The molecule has 2 N–H and O–H groups in total. The highest BCUT2D eigenvalue weighted by Gasteiger charge is 2.17. The molecule has 2 aromatic heterocycles. The van der Waals surface area contributed by atoms with E-state index in [1.54, 1.807) is 23.2 Å². The van der Waals surface area contributed by atoms with Crippen LogP contribution in [-0.4, -0.2) is 28.9 Å². The Balaban J connectivity index is 2.21. The van der Waals surface area contributed by atoms with Crippen molar-refractivity contribution < 1.29 is 9.21 Å². The first-order valence-corrected chi connectivity index (χ1v) is 6.74. The van der Waals surface area contributed by atoms with Crippen molar-refractivity contribution in [2.45, 2.75) is 20.4 Å². The van der Waals surface area contributed by atoms with E-state index in [-0.39, 0.29) is 5.91 Å².